The highest BCUT2D eigenvalue weighted by Gasteiger charge is 2.14. The van der Waals surface area contributed by atoms with Crippen LogP contribution >= 0.6 is 15.9 Å². The molecule has 1 aromatic heterocycles. The van der Waals surface area contributed by atoms with E-state index in [0.717, 1.165) is 0 Å². The Bertz CT molecular complexity index is 483. The van der Waals surface area contributed by atoms with Crippen molar-refractivity contribution in [2.75, 3.05) is 12.3 Å². The number of nitrogen functional groups attached to an aromatic ring is 1. The molecule has 1 rings (SSSR count). The molecule has 3 N–H and O–H groups in total. The Morgan fingerprint density at radius 1 is 1.58 bits per heavy atom. The summed E-state index contributed by atoms with van der Waals surface area (Å²) < 4.78 is 5.69. The number of halogens is 1. The Morgan fingerprint density at radius 3 is 2.89 bits per heavy atom. The summed E-state index contributed by atoms with van der Waals surface area (Å²) in [5.74, 6) is 0.330. The highest BCUT2D eigenvalue weighted by atomic mass is 79.9. The predicted octanol–water partition coefficient (Wildman–Crippen LogP) is 2.36. The molecule has 104 valence electrons. The number of nitrogens with two attached hydrogens (primary N) is 1. The van der Waals surface area contributed by atoms with Crippen molar-refractivity contribution in [1.82, 2.24) is 15.3 Å². The van der Waals surface area contributed by atoms with E-state index in [1.165, 1.54) is 6.20 Å². The second-order valence-electron chi connectivity index (χ2n) is 4.75. The molecular formula is C12H17BrN4O2. The van der Waals surface area contributed by atoms with Crippen LogP contribution < -0.4 is 11.1 Å². The molecule has 0 aromatic carbocycles. The Hall–Kier alpha value is -1.63. The largest absolute Gasteiger partial charge is 0.444 e. The van der Waals surface area contributed by atoms with Gasteiger partial charge < -0.3 is 15.8 Å². The number of carbonyl (C=O) groups is 1. The van der Waals surface area contributed by atoms with Gasteiger partial charge in [-0.3, -0.25) is 0 Å². The third-order valence-electron chi connectivity index (χ3n) is 1.84. The van der Waals surface area contributed by atoms with Crippen LogP contribution in [0.1, 0.15) is 26.5 Å². The maximum absolute atomic E-state index is 11.4. The van der Waals surface area contributed by atoms with E-state index in [0.29, 0.717) is 22.7 Å². The van der Waals surface area contributed by atoms with Crippen molar-refractivity contribution in [2.45, 2.75) is 26.4 Å². The van der Waals surface area contributed by atoms with Crippen LogP contribution in [0.3, 0.4) is 0 Å². The fraction of sp³-hybridized carbons (Fsp3) is 0.417. The van der Waals surface area contributed by atoms with Crippen molar-refractivity contribution in [1.29, 1.82) is 0 Å². The van der Waals surface area contributed by atoms with Crippen molar-refractivity contribution in [3.8, 4) is 0 Å². The first-order valence-corrected chi connectivity index (χ1v) is 6.48. The molecule has 0 saturated carbocycles. The van der Waals surface area contributed by atoms with Gasteiger partial charge in [0.05, 0.1) is 6.20 Å². The number of ether oxygens (including phenoxy) is 1. The minimum Gasteiger partial charge on any atom is -0.444 e. The summed E-state index contributed by atoms with van der Waals surface area (Å²) >= 11 is 3.21. The Labute approximate surface area is 120 Å². The minimum atomic E-state index is -0.506. The van der Waals surface area contributed by atoms with Crippen LogP contribution in [0.25, 0.3) is 6.08 Å². The number of nitrogens with one attached hydrogen (secondary N) is 1. The van der Waals surface area contributed by atoms with Gasteiger partial charge in [0, 0.05) is 6.54 Å². The number of nitrogens with zero attached hydrogens (tertiary/aromatic N) is 2. The summed E-state index contributed by atoms with van der Waals surface area (Å²) in [6.45, 7) is 5.74. The molecule has 0 aliphatic heterocycles. The third-order valence-corrected chi connectivity index (χ3v) is 2.22. The van der Waals surface area contributed by atoms with Gasteiger partial charge in [-0.05, 0) is 42.8 Å². The second-order valence-corrected chi connectivity index (χ2v) is 5.56. The van der Waals surface area contributed by atoms with Crippen molar-refractivity contribution >= 4 is 33.9 Å². The standard InChI is InChI=1S/C12H17BrN4O2/c1-12(2,3)19-11(18)15-6-4-5-8-10(14)16-7-9(13)17-8/h4-5,7H,6H2,1-3H3,(H2,14,16)(H,15,18). The van der Waals surface area contributed by atoms with Crippen LogP contribution in [0.4, 0.5) is 10.6 Å². The number of hydrogen-bond acceptors (Lipinski definition) is 5. The zero-order chi connectivity index (χ0) is 14.5. The number of hydrogen-bond donors (Lipinski definition) is 2. The fourth-order valence-corrected chi connectivity index (χ4v) is 1.43. The Balaban J connectivity index is 2.47. The lowest BCUT2D eigenvalue weighted by Crippen LogP contribution is -2.32. The van der Waals surface area contributed by atoms with Crippen LogP contribution in [0, 0.1) is 0 Å². The molecule has 19 heavy (non-hydrogen) atoms. The van der Waals surface area contributed by atoms with E-state index in [-0.39, 0.29) is 0 Å². The highest BCUT2D eigenvalue weighted by molar-refractivity contribution is 9.10. The Kier molecular flexibility index (Phi) is 5.29. The van der Waals surface area contributed by atoms with E-state index in [1.807, 2.05) is 0 Å². The van der Waals surface area contributed by atoms with Gasteiger partial charge in [0.25, 0.3) is 0 Å². The van der Waals surface area contributed by atoms with Gasteiger partial charge in [-0.2, -0.15) is 0 Å². The number of anilines is 1. The zero-order valence-electron chi connectivity index (χ0n) is 11.1. The van der Waals surface area contributed by atoms with E-state index in [9.17, 15) is 4.79 Å². The van der Waals surface area contributed by atoms with E-state index in [4.69, 9.17) is 10.5 Å². The summed E-state index contributed by atoms with van der Waals surface area (Å²) in [6, 6.07) is 0. The third kappa shape index (κ3) is 6.19. The average molecular weight is 329 g/mol. The number of carbonyl (C=O) groups excluding carboxylic acids is 1. The van der Waals surface area contributed by atoms with Gasteiger partial charge in [0.2, 0.25) is 0 Å². The zero-order valence-corrected chi connectivity index (χ0v) is 12.7. The second kappa shape index (κ2) is 6.51. The van der Waals surface area contributed by atoms with E-state index in [2.05, 4.69) is 31.2 Å². The molecule has 0 aliphatic carbocycles. The molecule has 1 aromatic rings. The normalized spacial score (nSPS) is 11.6. The topological polar surface area (TPSA) is 90.1 Å². The number of rotatable bonds is 3. The molecular weight excluding hydrogens is 312 g/mol. The maximum atomic E-state index is 11.4. The smallest absolute Gasteiger partial charge is 0.407 e. The van der Waals surface area contributed by atoms with E-state index < -0.39 is 11.7 Å². The molecule has 0 atom stereocenters. The van der Waals surface area contributed by atoms with Crippen molar-refractivity contribution < 1.29 is 9.53 Å². The summed E-state index contributed by atoms with van der Waals surface area (Å²) in [4.78, 5) is 19.5. The van der Waals surface area contributed by atoms with Gasteiger partial charge in [0.15, 0.2) is 0 Å². The molecule has 0 bridgehead atoms. The van der Waals surface area contributed by atoms with E-state index in [1.54, 1.807) is 32.9 Å². The predicted molar refractivity (Wildman–Crippen MR) is 77.4 cm³/mol. The van der Waals surface area contributed by atoms with Gasteiger partial charge in [-0.25, -0.2) is 14.8 Å². The van der Waals surface area contributed by atoms with Gasteiger partial charge in [-0.15, -0.1) is 0 Å². The van der Waals surface area contributed by atoms with Gasteiger partial charge in [0.1, 0.15) is 21.7 Å². The SMILES string of the molecule is CC(C)(C)OC(=O)NCC=Cc1nc(Br)cnc1N. The van der Waals surface area contributed by atoms with E-state index >= 15 is 0 Å². The first kappa shape index (κ1) is 15.4. The molecule has 0 saturated heterocycles. The van der Waals surface area contributed by atoms with Crippen LogP contribution in [0.2, 0.25) is 0 Å². The molecule has 0 unspecified atom stereocenters. The summed E-state index contributed by atoms with van der Waals surface area (Å²) in [6.07, 6.45) is 4.46. The summed E-state index contributed by atoms with van der Waals surface area (Å²) in [7, 11) is 0. The molecule has 7 heteroatoms. The maximum Gasteiger partial charge on any atom is 0.407 e. The average Bonchev–Trinajstić information content (AvgIpc) is 2.26. The molecule has 6 nitrogen and oxygen atoms in total. The van der Waals surface area contributed by atoms with Gasteiger partial charge >= 0.3 is 6.09 Å². The number of alkyl carbamates (subject to hydrolysis) is 1. The first-order valence-electron chi connectivity index (χ1n) is 5.69. The lowest BCUT2D eigenvalue weighted by atomic mass is 10.2. The quantitative estimate of drug-likeness (QED) is 0.888. The molecule has 0 radical (unpaired) electrons. The lowest BCUT2D eigenvalue weighted by molar-refractivity contribution is 0.0534. The summed E-state index contributed by atoms with van der Waals surface area (Å²) in [5, 5.41) is 2.59. The summed E-state index contributed by atoms with van der Waals surface area (Å²) in [5.41, 5.74) is 5.69. The Morgan fingerprint density at radius 2 is 2.26 bits per heavy atom. The molecule has 1 heterocycles. The first-order chi connectivity index (χ1) is 8.78. The lowest BCUT2D eigenvalue weighted by Gasteiger charge is -2.19. The molecule has 0 aliphatic rings. The van der Waals surface area contributed by atoms with Crippen LogP contribution in [-0.4, -0.2) is 28.2 Å². The van der Waals surface area contributed by atoms with Crippen molar-refractivity contribution in [3.05, 3.63) is 22.6 Å². The highest BCUT2D eigenvalue weighted by Crippen LogP contribution is 2.11. The molecule has 0 fully saturated rings. The molecule has 1 amide bonds. The number of aromatic nitrogens is 2. The van der Waals surface area contributed by atoms with Crippen LogP contribution in [-0.2, 0) is 4.74 Å². The van der Waals surface area contributed by atoms with Crippen LogP contribution in [0.15, 0.2) is 16.9 Å². The molecule has 0 spiro atoms. The minimum absolute atomic E-state index is 0.322. The number of amides is 1. The van der Waals surface area contributed by atoms with Gasteiger partial charge in [-0.1, -0.05) is 6.08 Å². The van der Waals surface area contributed by atoms with Crippen molar-refractivity contribution in [2.24, 2.45) is 0 Å². The van der Waals surface area contributed by atoms with Crippen LogP contribution in [0.5, 0.6) is 0 Å². The van der Waals surface area contributed by atoms with Crippen molar-refractivity contribution in [3.63, 3.8) is 0 Å². The fourth-order valence-electron chi connectivity index (χ4n) is 1.14. The monoisotopic (exact) mass is 328 g/mol.